The number of rotatable bonds is 20. The van der Waals surface area contributed by atoms with Crippen molar-refractivity contribution in [3.8, 4) is 12.1 Å². The number of hydrogen-bond acceptors (Lipinski definition) is 10. The average molecular weight is 847 g/mol. The van der Waals surface area contributed by atoms with E-state index in [-0.39, 0.29) is 37.6 Å². The summed E-state index contributed by atoms with van der Waals surface area (Å²) in [6, 6.07) is 23.9. The second kappa shape index (κ2) is 36.0. The molecule has 2 aromatic carbocycles. The number of carbonyl (C=O) groups is 4. The molecule has 56 heavy (non-hydrogen) atoms. The van der Waals surface area contributed by atoms with Gasteiger partial charge in [-0.05, 0) is 71.0 Å². The number of alkyl halides is 1. The van der Waals surface area contributed by atoms with E-state index in [1.165, 1.54) is 0 Å². The topological polar surface area (TPSA) is 191 Å². The highest BCUT2D eigenvalue weighted by Gasteiger charge is 2.14. The quantitative estimate of drug-likeness (QED) is 0.0500. The summed E-state index contributed by atoms with van der Waals surface area (Å²) in [5.41, 5.74) is 1.88. The van der Waals surface area contributed by atoms with E-state index >= 15 is 0 Å². The number of esters is 1. The number of nitrogens with one attached hydrogen (secondary N) is 2. The zero-order chi connectivity index (χ0) is 42.6. The van der Waals surface area contributed by atoms with Crippen molar-refractivity contribution >= 4 is 40.1 Å². The van der Waals surface area contributed by atoms with E-state index in [1.807, 2.05) is 66.7 Å². The van der Waals surface area contributed by atoms with Crippen molar-refractivity contribution in [3.05, 3.63) is 71.8 Å². The number of hydrogen-bond donors (Lipinski definition) is 3. The van der Waals surface area contributed by atoms with Crippen LogP contribution in [0.2, 0.25) is 0 Å². The van der Waals surface area contributed by atoms with E-state index in [0.717, 1.165) is 43.4 Å². The molecule has 0 unspecified atom stereocenters. The van der Waals surface area contributed by atoms with Crippen molar-refractivity contribution in [1.82, 2.24) is 15.5 Å². The van der Waals surface area contributed by atoms with Gasteiger partial charge in [0.05, 0.1) is 23.2 Å². The minimum atomic E-state index is -0.778. The van der Waals surface area contributed by atoms with Crippen LogP contribution in [0, 0.1) is 34.5 Å². The lowest BCUT2D eigenvalue weighted by atomic mass is 10.0. The summed E-state index contributed by atoms with van der Waals surface area (Å²) in [5.74, 6) is -1.71. The highest BCUT2D eigenvalue weighted by Crippen LogP contribution is 2.10. The van der Waals surface area contributed by atoms with Crippen molar-refractivity contribution in [3.63, 3.8) is 0 Å². The number of ether oxygens (including phenoxy) is 3. The third-order valence-corrected chi connectivity index (χ3v) is 8.20. The molecule has 0 heterocycles. The number of unbranched alkanes of at least 4 members (excludes halogenated alkanes) is 2. The van der Waals surface area contributed by atoms with Gasteiger partial charge in [0.1, 0.15) is 19.3 Å². The van der Waals surface area contributed by atoms with E-state index in [9.17, 15) is 19.2 Å². The molecule has 0 fully saturated rings. The molecule has 14 heteroatoms. The minimum absolute atomic E-state index is 0.210. The zero-order valence-electron chi connectivity index (χ0n) is 34.3. The number of nitriles is 2. The van der Waals surface area contributed by atoms with Crippen molar-refractivity contribution in [2.45, 2.75) is 112 Å². The molecule has 2 amide bonds. The Morgan fingerprint density at radius 2 is 1.11 bits per heavy atom. The number of amides is 2. The molecule has 0 saturated heterocycles. The maximum absolute atomic E-state index is 11.5. The maximum atomic E-state index is 11.5. The lowest BCUT2D eigenvalue weighted by Gasteiger charge is -2.28. The van der Waals surface area contributed by atoms with Crippen LogP contribution in [0.1, 0.15) is 98.1 Å². The number of aliphatic carboxylic acids is 1. The van der Waals surface area contributed by atoms with Crippen molar-refractivity contribution in [2.75, 3.05) is 31.6 Å². The molecule has 2 aromatic rings. The molecule has 0 spiro atoms. The third-order valence-electron chi connectivity index (χ3n) is 7.95. The molecule has 0 aromatic heterocycles. The summed E-state index contributed by atoms with van der Waals surface area (Å²) in [6.45, 7) is 17.1. The summed E-state index contributed by atoms with van der Waals surface area (Å²) < 4.78 is 14.9. The van der Waals surface area contributed by atoms with Crippen molar-refractivity contribution < 1.29 is 38.5 Å². The normalized spacial score (nSPS) is 11.0. The number of carboxylic acids is 1. The Labute approximate surface area is 343 Å². The summed E-state index contributed by atoms with van der Waals surface area (Å²) in [4.78, 5) is 47.4. The second-order valence-corrected chi connectivity index (χ2v) is 13.7. The standard InChI is InChI=1S/C17H22N2O4.C15H21NO4.C8H19N.C2H2BrN/c1-14(16(20)22-12-10-18)7-5-6-11-19-17(21)23-13-15-8-3-2-4-9-15;1-12(14(17)18)7-5-6-10-16-15(19)20-11-13-8-3-2-4-9-13;1-6-9(7(2)3)8(4)5;3-1-2-4/h2-4,8-9,14H,5-7,11-13H2,1H3,(H,19,21);2-4,8-9,12H,5-7,10-11H2,1H3,(H,16,19)(H,17,18);7-8H,6H2,1-5H3;1H2/t14-;12-;;/m00../s1. The first-order chi connectivity index (χ1) is 26.7. The second-order valence-electron chi connectivity index (χ2n) is 13.2. The number of carbonyl (C=O) groups excluding carboxylic acids is 3. The summed E-state index contributed by atoms with van der Waals surface area (Å²) in [7, 11) is 0. The van der Waals surface area contributed by atoms with Gasteiger partial charge in [-0.2, -0.15) is 10.5 Å². The molecule has 312 valence electrons. The number of benzene rings is 2. The van der Waals surface area contributed by atoms with Gasteiger partial charge in [0.2, 0.25) is 0 Å². The Morgan fingerprint density at radius 3 is 1.43 bits per heavy atom. The Kier molecular flexibility index (Phi) is 34.4. The van der Waals surface area contributed by atoms with E-state index in [4.69, 9.17) is 29.8 Å². The van der Waals surface area contributed by atoms with Crippen LogP contribution in [-0.4, -0.2) is 77.8 Å². The lowest BCUT2D eigenvalue weighted by Crippen LogP contribution is -2.36. The van der Waals surface area contributed by atoms with Crippen LogP contribution in [0.15, 0.2) is 60.7 Å². The van der Waals surface area contributed by atoms with Crippen LogP contribution in [0.5, 0.6) is 0 Å². The van der Waals surface area contributed by atoms with Gasteiger partial charge in [-0.3, -0.25) is 14.5 Å². The zero-order valence-corrected chi connectivity index (χ0v) is 35.9. The fourth-order valence-corrected chi connectivity index (χ4v) is 4.89. The fraction of sp³-hybridized carbons (Fsp3) is 0.571. The van der Waals surface area contributed by atoms with Crippen LogP contribution in [0.25, 0.3) is 0 Å². The summed E-state index contributed by atoms with van der Waals surface area (Å²) >= 11 is 2.89. The smallest absolute Gasteiger partial charge is 0.407 e. The molecule has 13 nitrogen and oxygen atoms in total. The average Bonchev–Trinajstić information content (AvgIpc) is 3.19. The number of alkyl carbamates (subject to hydrolysis) is 2. The molecule has 0 radical (unpaired) electrons. The molecule has 3 N–H and O–H groups in total. The van der Waals surface area contributed by atoms with Crippen molar-refractivity contribution in [2.24, 2.45) is 11.8 Å². The molecule has 0 saturated carbocycles. The minimum Gasteiger partial charge on any atom is -0.481 e. The van der Waals surface area contributed by atoms with E-state index in [0.29, 0.717) is 43.3 Å². The lowest BCUT2D eigenvalue weighted by molar-refractivity contribution is -0.146. The van der Waals surface area contributed by atoms with Crippen molar-refractivity contribution in [1.29, 1.82) is 10.5 Å². The van der Waals surface area contributed by atoms with Gasteiger partial charge in [0.25, 0.3) is 0 Å². The predicted octanol–water partition coefficient (Wildman–Crippen LogP) is 8.62. The first kappa shape index (κ1) is 53.4. The summed E-state index contributed by atoms with van der Waals surface area (Å²) in [5, 5.41) is 30.4. The number of nitrogens with zero attached hydrogens (tertiary/aromatic N) is 3. The molecule has 2 atom stereocenters. The molecular weight excluding hydrogens is 782 g/mol. The van der Waals surface area contributed by atoms with Gasteiger partial charge in [-0.25, -0.2) is 9.59 Å². The first-order valence-corrected chi connectivity index (χ1v) is 20.2. The van der Waals surface area contributed by atoms with Gasteiger partial charge < -0.3 is 30.0 Å². The number of carboxylic acid groups (broad SMARTS) is 1. The predicted molar refractivity (Wildman–Crippen MR) is 222 cm³/mol. The Morgan fingerprint density at radius 1 is 0.696 bits per heavy atom. The van der Waals surface area contributed by atoms with Gasteiger partial charge in [0, 0.05) is 25.2 Å². The summed E-state index contributed by atoms with van der Waals surface area (Å²) in [6.07, 6.45) is 3.43. The third kappa shape index (κ3) is 31.7. The monoisotopic (exact) mass is 845 g/mol. The first-order valence-electron chi connectivity index (χ1n) is 19.1. The largest absolute Gasteiger partial charge is 0.481 e. The highest BCUT2D eigenvalue weighted by molar-refractivity contribution is 9.09. The van der Waals surface area contributed by atoms with Crippen LogP contribution in [0.3, 0.4) is 0 Å². The van der Waals surface area contributed by atoms with E-state index in [2.05, 4.69) is 66.1 Å². The fourth-order valence-electron chi connectivity index (χ4n) is 4.89. The Balaban J connectivity index is 0. The molecule has 0 aliphatic heterocycles. The molecule has 2 rings (SSSR count). The molecule has 0 aliphatic carbocycles. The SMILES string of the molecule is CCN(C(C)C)C(C)C.C[C@@H](CCCCNC(=O)OCc1ccccc1)C(=O)O.C[C@@H](CCCCNC(=O)OCc1ccccc1)C(=O)OCC#N.N#CCBr. The molecule has 0 aliphatic rings. The molecule has 0 bridgehead atoms. The van der Waals surface area contributed by atoms with Crippen LogP contribution >= 0.6 is 15.9 Å². The maximum Gasteiger partial charge on any atom is 0.407 e. The van der Waals surface area contributed by atoms with Gasteiger partial charge in [-0.15, -0.1) is 0 Å². The molecular formula is C42H64BrN5O8. The number of halogens is 1. The Bertz CT molecular complexity index is 1390. The van der Waals surface area contributed by atoms with Gasteiger partial charge in [-0.1, -0.05) is 110 Å². The van der Waals surface area contributed by atoms with Crippen LogP contribution in [-0.2, 0) is 37.0 Å². The van der Waals surface area contributed by atoms with E-state index in [1.54, 1.807) is 19.9 Å². The van der Waals surface area contributed by atoms with Crippen LogP contribution in [0.4, 0.5) is 9.59 Å². The van der Waals surface area contributed by atoms with Crippen LogP contribution < -0.4 is 10.6 Å². The van der Waals surface area contributed by atoms with Gasteiger partial charge in [0.15, 0.2) is 6.61 Å². The van der Waals surface area contributed by atoms with E-state index < -0.39 is 18.2 Å². The Hall–Kier alpha value is -4.66. The highest BCUT2D eigenvalue weighted by atomic mass is 79.9. The van der Waals surface area contributed by atoms with Gasteiger partial charge >= 0.3 is 24.1 Å².